The van der Waals surface area contributed by atoms with E-state index in [9.17, 15) is 9.59 Å². The van der Waals surface area contributed by atoms with Gasteiger partial charge in [-0.05, 0) is 43.5 Å². The van der Waals surface area contributed by atoms with Crippen molar-refractivity contribution in [3.05, 3.63) is 47.4 Å². The van der Waals surface area contributed by atoms with Crippen LogP contribution in [0.4, 0.5) is 0 Å². The van der Waals surface area contributed by atoms with E-state index in [1.54, 1.807) is 23.8 Å². The number of carbonyl (C=O) groups is 2. The lowest BCUT2D eigenvalue weighted by atomic mass is 10.2. The summed E-state index contributed by atoms with van der Waals surface area (Å²) in [5.41, 5.74) is 0.400. The average Bonchev–Trinajstić information content (AvgIpc) is 3.26. The molecule has 6 nitrogen and oxygen atoms in total. The molecule has 25 heavy (non-hydrogen) atoms. The number of fused-ring (bicyclic) bond motifs is 1. The topological polar surface area (TPSA) is 73.5 Å². The summed E-state index contributed by atoms with van der Waals surface area (Å²) in [6.45, 7) is 4.05. The zero-order chi connectivity index (χ0) is 17.8. The summed E-state index contributed by atoms with van der Waals surface area (Å²) in [6, 6.07) is 7.32. The van der Waals surface area contributed by atoms with E-state index in [0.29, 0.717) is 18.7 Å². The first-order valence-corrected chi connectivity index (χ1v) is 9.02. The molecular weight excluding hydrogens is 340 g/mol. The van der Waals surface area contributed by atoms with E-state index in [1.165, 1.54) is 11.3 Å². The second-order valence-corrected chi connectivity index (χ2v) is 6.66. The second kappa shape index (κ2) is 7.57. The summed E-state index contributed by atoms with van der Waals surface area (Å²) in [6.07, 6.45) is 2.23. The Labute approximate surface area is 149 Å². The number of esters is 1. The third-order valence-electron chi connectivity index (χ3n) is 3.78. The molecule has 0 saturated carbocycles. The number of rotatable bonds is 7. The highest BCUT2D eigenvalue weighted by molar-refractivity contribution is 7.16. The summed E-state index contributed by atoms with van der Waals surface area (Å²) >= 11 is 1.50. The van der Waals surface area contributed by atoms with Crippen molar-refractivity contribution >= 4 is 33.4 Å². The fourth-order valence-electron chi connectivity index (χ4n) is 2.75. The molecule has 0 bridgehead atoms. The first kappa shape index (κ1) is 17.3. The summed E-state index contributed by atoms with van der Waals surface area (Å²) in [5.74, 6) is 0.250. The first-order chi connectivity index (χ1) is 12.1. The molecule has 0 aliphatic rings. The molecule has 1 N–H and O–H groups in total. The molecule has 7 heteroatoms. The number of nitrogens with zero attached hydrogens (tertiary/aromatic N) is 1. The summed E-state index contributed by atoms with van der Waals surface area (Å²) in [5, 5.41) is 5.82. The number of amides is 1. The quantitative estimate of drug-likeness (QED) is 0.657. The van der Waals surface area contributed by atoms with Crippen molar-refractivity contribution in [1.29, 1.82) is 0 Å². The summed E-state index contributed by atoms with van der Waals surface area (Å²) in [7, 11) is 0. The van der Waals surface area contributed by atoms with Crippen molar-refractivity contribution in [2.24, 2.45) is 0 Å². The van der Waals surface area contributed by atoms with Crippen LogP contribution in [-0.4, -0.2) is 29.1 Å². The number of aromatic nitrogens is 1. The van der Waals surface area contributed by atoms with Crippen LogP contribution in [0.25, 0.3) is 10.2 Å². The zero-order valence-electron chi connectivity index (χ0n) is 14.2. The Morgan fingerprint density at radius 3 is 2.96 bits per heavy atom. The van der Waals surface area contributed by atoms with Crippen molar-refractivity contribution in [1.82, 2.24) is 9.88 Å². The van der Waals surface area contributed by atoms with E-state index in [0.717, 1.165) is 16.0 Å². The molecule has 0 aliphatic carbocycles. The molecule has 132 valence electrons. The molecule has 0 fully saturated rings. The lowest BCUT2D eigenvalue weighted by Gasteiger charge is -2.14. The molecule has 0 aromatic carbocycles. The number of ether oxygens (including phenoxy) is 1. The number of thiophene rings is 1. The van der Waals surface area contributed by atoms with E-state index in [4.69, 9.17) is 9.15 Å². The van der Waals surface area contributed by atoms with Crippen LogP contribution >= 0.6 is 11.3 Å². The molecule has 1 atom stereocenters. The minimum atomic E-state index is -0.415. The highest BCUT2D eigenvalue weighted by Gasteiger charge is 2.20. The number of hydrogen-bond acceptors (Lipinski definition) is 5. The van der Waals surface area contributed by atoms with Crippen molar-refractivity contribution < 1.29 is 18.7 Å². The van der Waals surface area contributed by atoms with Crippen molar-refractivity contribution in [3.8, 4) is 0 Å². The van der Waals surface area contributed by atoms with Crippen LogP contribution in [0.15, 0.2) is 40.3 Å². The van der Waals surface area contributed by atoms with Gasteiger partial charge < -0.3 is 19.0 Å². The van der Waals surface area contributed by atoms with Crippen LogP contribution in [0.5, 0.6) is 0 Å². The minimum absolute atomic E-state index is 0.0701. The van der Waals surface area contributed by atoms with Gasteiger partial charge in [0.15, 0.2) is 0 Å². The van der Waals surface area contributed by atoms with Crippen LogP contribution in [-0.2, 0) is 22.5 Å². The predicted molar refractivity (Wildman–Crippen MR) is 95.8 cm³/mol. The standard InChI is InChI=1S/C18H20N2O4S/c1-3-23-18(22)15-10-13-6-8-25-17(13)20(15)11-16(21)19-12(2)9-14-5-4-7-24-14/h4-8,10,12H,3,9,11H2,1-2H3,(H,19,21). The molecule has 3 rings (SSSR count). The summed E-state index contributed by atoms with van der Waals surface area (Å²) in [4.78, 5) is 25.5. The Bertz CT molecular complexity index is 863. The highest BCUT2D eigenvalue weighted by Crippen LogP contribution is 2.25. The molecule has 3 aromatic heterocycles. The van der Waals surface area contributed by atoms with Gasteiger partial charge >= 0.3 is 5.97 Å². The molecule has 0 spiro atoms. The third kappa shape index (κ3) is 3.93. The maximum absolute atomic E-state index is 12.4. The van der Waals surface area contributed by atoms with Gasteiger partial charge in [0, 0.05) is 17.8 Å². The third-order valence-corrected chi connectivity index (χ3v) is 4.74. The zero-order valence-corrected chi connectivity index (χ0v) is 15.0. The molecule has 0 radical (unpaired) electrons. The van der Waals surface area contributed by atoms with Gasteiger partial charge in [-0.2, -0.15) is 0 Å². The molecule has 3 aromatic rings. The van der Waals surface area contributed by atoms with Gasteiger partial charge in [-0.1, -0.05) is 0 Å². The van der Waals surface area contributed by atoms with Gasteiger partial charge in [0.2, 0.25) is 5.91 Å². The van der Waals surface area contributed by atoms with Crippen molar-refractivity contribution in [3.63, 3.8) is 0 Å². The number of furan rings is 1. The van der Waals surface area contributed by atoms with Crippen LogP contribution in [0.3, 0.4) is 0 Å². The molecule has 0 saturated heterocycles. The largest absolute Gasteiger partial charge is 0.469 e. The predicted octanol–water partition coefficient (Wildman–Crippen LogP) is 3.22. The first-order valence-electron chi connectivity index (χ1n) is 8.14. The van der Waals surface area contributed by atoms with Gasteiger partial charge in [-0.25, -0.2) is 4.79 Å². The lowest BCUT2D eigenvalue weighted by molar-refractivity contribution is -0.122. The van der Waals surface area contributed by atoms with E-state index in [2.05, 4.69) is 5.32 Å². The van der Waals surface area contributed by atoms with Crippen LogP contribution in [0.1, 0.15) is 30.1 Å². The Morgan fingerprint density at radius 1 is 1.40 bits per heavy atom. The van der Waals surface area contributed by atoms with Gasteiger partial charge in [0.05, 0.1) is 12.9 Å². The fourth-order valence-corrected chi connectivity index (χ4v) is 3.65. The number of hydrogen-bond donors (Lipinski definition) is 1. The number of carbonyl (C=O) groups excluding carboxylic acids is 2. The normalized spacial score (nSPS) is 12.2. The van der Waals surface area contributed by atoms with Crippen molar-refractivity contribution in [2.75, 3.05) is 6.61 Å². The second-order valence-electron chi connectivity index (χ2n) is 5.77. The van der Waals surface area contributed by atoms with E-state index in [-0.39, 0.29) is 18.5 Å². The Kier molecular flexibility index (Phi) is 5.23. The lowest BCUT2D eigenvalue weighted by Crippen LogP contribution is -2.36. The van der Waals surface area contributed by atoms with E-state index < -0.39 is 5.97 Å². The van der Waals surface area contributed by atoms with Crippen LogP contribution in [0, 0.1) is 0 Å². The molecule has 3 heterocycles. The monoisotopic (exact) mass is 360 g/mol. The van der Waals surface area contributed by atoms with Gasteiger partial charge in [0.25, 0.3) is 0 Å². The van der Waals surface area contributed by atoms with Gasteiger partial charge in [0.1, 0.15) is 22.8 Å². The SMILES string of the molecule is CCOC(=O)c1cc2ccsc2n1CC(=O)NC(C)Cc1ccco1. The Balaban J connectivity index is 1.72. The highest BCUT2D eigenvalue weighted by atomic mass is 32.1. The molecule has 1 unspecified atom stereocenters. The maximum Gasteiger partial charge on any atom is 0.355 e. The molecule has 1 amide bonds. The van der Waals surface area contributed by atoms with Gasteiger partial charge in [-0.15, -0.1) is 11.3 Å². The fraction of sp³-hybridized carbons (Fsp3) is 0.333. The summed E-state index contributed by atoms with van der Waals surface area (Å²) < 4.78 is 12.1. The Hall–Kier alpha value is -2.54. The minimum Gasteiger partial charge on any atom is -0.469 e. The number of nitrogens with one attached hydrogen (secondary N) is 1. The molecular formula is C18H20N2O4S. The molecule has 0 aliphatic heterocycles. The van der Waals surface area contributed by atoms with Crippen molar-refractivity contribution in [2.45, 2.75) is 32.9 Å². The maximum atomic E-state index is 12.4. The smallest absolute Gasteiger partial charge is 0.355 e. The van der Waals surface area contributed by atoms with Crippen LogP contribution < -0.4 is 5.32 Å². The van der Waals surface area contributed by atoms with E-state index >= 15 is 0 Å². The van der Waals surface area contributed by atoms with Crippen LogP contribution in [0.2, 0.25) is 0 Å². The van der Waals surface area contributed by atoms with E-state index in [1.807, 2.05) is 30.5 Å². The van der Waals surface area contributed by atoms with Gasteiger partial charge in [-0.3, -0.25) is 4.79 Å². The average molecular weight is 360 g/mol. The Morgan fingerprint density at radius 2 is 2.24 bits per heavy atom.